The van der Waals surface area contributed by atoms with Crippen LogP contribution >= 0.6 is 11.6 Å². The normalized spacial score (nSPS) is 18.7. The summed E-state index contributed by atoms with van der Waals surface area (Å²) in [7, 11) is 0. The summed E-state index contributed by atoms with van der Waals surface area (Å²) in [6.45, 7) is 4.45. The fraction of sp³-hybridized carbons (Fsp3) is 0.409. The van der Waals surface area contributed by atoms with Gasteiger partial charge in [0.05, 0.1) is 29.2 Å². The molecule has 0 saturated carbocycles. The highest BCUT2D eigenvalue weighted by Gasteiger charge is 2.39. The summed E-state index contributed by atoms with van der Waals surface area (Å²) in [6, 6.07) is 20.8. The van der Waals surface area contributed by atoms with E-state index in [0.717, 1.165) is 54.9 Å². The maximum Gasteiger partial charge on any atom is 0.259 e. The number of anilines is 1. The summed E-state index contributed by atoms with van der Waals surface area (Å²) in [6.07, 6.45) is 8.11. The smallest absolute Gasteiger partial charge is 0.259 e. The van der Waals surface area contributed by atoms with Crippen LogP contribution in [0.2, 0.25) is 5.02 Å². The van der Waals surface area contributed by atoms with E-state index < -0.39 is 28.6 Å². The number of nitrogens with one attached hydrogen (secondary N) is 2. The molecule has 1 atom stereocenters. The van der Waals surface area contributed by atoms with Crippen LogP contribution in [0.4, 0.5) is 14.6 Å². The molecule has 2 aromatic heterocycles. The number of hydrogen-bond donors (Lipinski definition) is 3. The SMILES string of the molecule is NC1(C(=O)N[C@@H](CCN2CCC(OC3CCN(C(=O)c4c(F)cc(-c5ccccc5)cc4F)CC3)CC2)c2ccc(Cl)cc2)CCN(c2ncnc3[nH]ccc23)CC1. The van der Waals surface area contributed by atoms with Crippen LogP contribution in [0, 0.1) is 11.6 Å². The maximum absolute atomic E-state index is 15.1. The Morgan fingerprint density at radius 1 is 0.879 bits per heavy atom. The molecule has 5 heterocycles. The first-order valence-corrected chi connectivity index (χ1v) is 20.6. The first kappa shape index (κ1) is 39.9. The molecule has 14 heteroatoms. The second-order valence-electron chi connectivity index (χ2n) is 15.8. The second-order valence-corrected chi connectivity index (χ2v) is 16.2. The molecule has 3 aliphatic heterocycles. The van der Waals surface area contributed by atoms with Crippen molar-refractivity contribution in [3.05, 3.63) is 113 Å². The van der Waals surface area contributed by atoms with Crippen LogP contribution in [0.3, 0.4) is 0 Å². The van der Waals surface area contributed by atoms with E-state index in [9.17, 15) is 9.59 Å². The number of carbonyl (C=O) groups excluding carboxylic acids is 2. The van der Waals surface area contributed by atoms with Crippen molar-refractivity contribution in [1.29, 1.82) is 0 Å². The molecule has 11 nitrogen and oxygen atoms in total. The van der Waals surface area contributed by atoms with Crippen molar-refractivity contribution in [2.75, 3.05) is 50.7 Å². The Balaban J connectivity index is 0.803. The Labute approximate surface area is 341 Å². The van der Waals surface area contributed by atoms with Gasteiger partial charge in [-0.25, -0.2) is 18.7 Å². The topological polar surface area (TPSA) is 133 Å². The van der Waals surface area contributed by atoms with Gasteiger partial charge in [0.1, 0.15) is 35.0 Å². The largest absolute Gasteiger partial charge is 0.375 e. The number of benzene rings is 3. The lowest BCUT2D eigenvalue weighted by Crippen LogP contribution is -2.60. The molecule has 4 N–H and O–H groups in total. The number of aromatic nitrogens is 3. The summed E-state index contributed by atoms with van der Waals surface area (Å²) in [5, 5.41) is 4.89. The Bertz CT molecular complexity index is 2180. The minimum absolute atomic E-state index is 0.0219. The van der Waals surface area contributed by atoms with Gasteiger partial charge >= 0.3 is 0 Å². The van der Waals surface area contributed by atoms with Crippen LogP contribution in [0.25, 0.3) is 22.2 Å². The molecule has 2 amide bonds. The van der Waals surface area contributed by atoms with Crippen molar-refractivity contribution in [2.45, 2.75) is 68.7 Å². The monoisotopic (exact) mass is 810 g/mol. The van der Waals surface area contributed by atoms with Gasteiger partial charge in [-0.1, -0.05) is 54.1 Å². The number of likely N-dealkylation sites (tertiary alicyclic amines) is 2. The average molecular weight is 811 g/mol. The minimum atomic E-state index is -1.01. The Morgan fingerprint density at radius 2 is 1.53 bits per heavy atom. The molecule has 3 saturated heterocycles. The van der Waals surface area contributed by atoms with Gasteiger partial charge < -0.3 is 35.5 Å². The summed E-state index contributed by atoms with van der Waals surface area (Å²) in [4.78, 5) is 45.2. The molecule has 0 spiro atoms. The highest BCUT2D eigenvalue weighted by Crippen LogP contribution is 2.31. The van der Waals surface area contributed by atoms with E-state index in [2.05, 4.69) is 30.1 Å². The van der Waals surface area contributed by atoms with Crippen molar-refractivity contribution in [2.24, 2.45) is 5.73 Å². The number of rotatable bonds is 11. The number of aromatic amines is 1. The van der Waals surface area contributed by atoms with E-state index in [4.69, 9.17) is 22.1 Å². The summed E-state index contributed by atoms with van der Waals surface area (Å²) in [5.41, 5.74) is 8.14. The summed E-state index contributed by atoms with van der Waals surface area (Å²) < 4.78 is 36.7. The van der Waals surface area contributed by atoms with Crippen molar-refractivity contribution >= 4 is 40.3 Å². The predicted octanol–water partition coefficient (Wildman–Crippen LogP) is 6.89. The third kappa shape index (κ3) is 8.87. The average Bonchev–Trinajstić information content (AvgIpc) is 3.73. The molecule has 5 aromatic rings. The fourth-order valence-corrected chi connectivity index (χ4v) is 8.68. The Hall–Kier alpha value is -4.95. The zero-order valence-electron chi connectivity index (χ0n) is 32.4. The van der Waals surface area contributed by atoms with E-state index in [1.807, 2.05) is 42.6 Å². The van der Waals surface area contributed by atoms with Crippen molar-refractivity contribution in [1.82, 2.24) is 30.1 Å². The number of fused-ring (bicyclic) bond motifs is 1. The maximum atomic E-state index is 15.1. The molecule has 0 aliphatic carbocycles. The second kappa shape index (κ2) is 17.5. The predicted molar refractivity (Wildman–Crippen MR) is 220 cm³/mol. The number of amides is 2. The van der Waals surface area contributed by atoms with Gasteiger partial charge in [0, 0.05) is 57.0 Å². The highest BCUT2D eigenvalue weighted by molar-refractivity contribution is 6.30. The quantitative estimate of drug-likeness (QED) is 0.132. The number of hydrogen-bond acceptors (Lipinski definition) is 8. The van der Waals surface area contributed by atoms with Gasteiger partial charge in [0.2, 0.25) is 5.91 Å². The zero-order valence-corrected chi connectivity index (χ0v) is 33.1. The molecular formula is C44H49ClF2N8O3. The highest BCUT2D eigenvalue weighted by atomic mass is 35.5. The van der Waals surface area contributed by atoms with E-state index in [-0.39, 0.29) is 24.2 Å². The van der Waals surface area contributed by atoms with E-state index in [1.54, 1.807) is 30.6 Å². The van der Waals surface area contributed by atoms with E-state index in [0.29, 0.717) is 74.4 Å². The molecule has 8 rings (SSSR count). The van der Waals surface area contributed by atoms with E-state index in [1.165, 1.54) is 17.0 Å². The van der Waals surface area contributed by atoms with Crippen LogP contribution in [-0.2, 0) is 9.53 Å². The number of H-pyrrole nitrogens is 1. The molecule has 0 bridgehead atoms. The Kier molecular flexibility index (Phi) is 12.0. The number of nitrogens with zero attached hydrogens (tertiary/aromatic N) is 5. The molecule has 3 aliphatic rings. The molecule has 3 aromatic carbocycles. The van der Waals surface area contributed by atoms with Gasteiger partial charge in [-0.15, -0.1) is 0 Å². The van der Waals surface area contributed by atoms with Crippen LogP contribution < -0.4 is 16.0 Å². The lowest BCUT2D eigenvalue weighted by molar-refractivity contribution is -0.128. The standard InChI is InChI=1S/C44H49ClF2N8O3/c45-32-8-6-30(7-9-32)38(52-43(57)44(48)16-24-54(25-17-44)41-35-10-18-49-40(35)50-28-51-41)15-21-53-19-11-33(12-20-53)58-34-13-22-55(23-14-34)42(56)39-36(46)26-31(27-37(39)47)29-4-2-1-3-5-29/h1-10,18,26-28,33-34,38H,11-17,19-25,48H2,(H,52,57)(H,49,50,51)/t38-/m0/s1. The molecule has 304 valence electrons. The van der Waals surface area contributed by atoms with Crippen molar-refractivity contribution in [3.63, 3.8) is 0 Å². The molecular weight excluding hydrogens is 762 g/mol. The minimum Gasteiger partial charge on any atom is -0.375 e. The molecule has 0 unspecified atom stereocenters. The van der Waals surface area contributed by atoms with Gasteiger partial charge in [-0.05, 0) is 92.0 Å². The number of carbonyl (C=O) groups is 2. The zero-order chi connectivity index (χ0) is 40.2. The van der Waals surface area contributed by atoms with Gasteiger partial charge in [0.25, 0.3) is 5.91 Å². The number of piperidine rings is 3. The molecule has 58 heavy (non-hydrogen) atoms. The van der Waals surface area contributed by atoms with Crippen molar-refractivity contribution in [3.8, 4) is 11.1 Å². The van der Waals surface area contributed by atoms with Gasteiger partial charge in [-0.2, -0.15) is 0 Å². The fourth-order valence-electron chi connectivity index (χ4n) is 8.56. The van der Waals surface area contributed by atoms with Crippen LogP contribution in [-0.4, -0.2) is 100 Å². The lowest BCUT2D eigenvalue weighted by Gasteiger charge is -2.40. The number of ether oxygens (including phenoxy) is 1. The summed E-state index contributed by atoms with van der Waals surface area (Å²) >= 11 is 6.23. The number of nitrogens with two attached hydrogens (primary N) is 1. The first-order valence-electron chi connectivity index (χ1n) is 20.2. The molecule has 0 radical (unpaired) electrons. The van der Waals surface area contributed by atoms with Crippen LogP contribution in [0.15, 0.2) is 85.3 Å². The number of halogens is 3. The molecule has 3 fully saturated rings. The first-order chi connectivity index (χ1) is 28.1. The third-order valence-electron chi connectivity index (χ3n) is 12.1. The third-order valence-corrected chi connectivity index (χ3v) is 12.3. The van der Waals surface area contributed by atoms with Crippen LogP contribution in [0.5, 0.6) is 0 Å². The van der Waals surface area contributed by atoms with E-state index >= 15 is 8.78 Å². The van der Waals surface area contributed by atoms with Crippen LogP contribution in [0.1, 0.15) is 66.9 Å². The Morgan fingerprint density at radius 3 is 2.21 bits per heavy atom. The van der Waals surface area contributed by atoms with Gasteiger partial charge in [-0.3, -0.25) is 9.59 Å². The lowest BCUT2D eigenvalue weighted by atomic mass is 9.86. The van der Waals surface area contributed by atoms with Gasteiger partial charge in [0.15, 0.2) is 0 Å². The van der Waals surface area contributed by atoms with Crippen molar-refractivity contribution < 1.29 is 23.1 Å². The summed E-state index contributed by atoms with van der Waals surface area (Å²) in [5.74, 6) is -1.64.